The molecule has 0 atom stereocenters. The zero-order valence-electron chi connectivity index (χ0n) is 13.9. The van der Waals surface area contributed by atoms with Gasteiger partial charge in [0.05, 0.1) is 21.6 Å². The molecule has 0 fully saturated rings. The maximum Gasteiger partial charge on any atom is 0.301 e. The molecule has 1 aromatic carbocycles. The Hall–Kier alpha value is -2.77. The fourth-order valence-corrected chi connectivity index (χ4v) is 2.01. The Kier molecular flexibility index (Phi) is 8.10. The van der Waals surface area contributed by atoms with Crippen molar-refractivity contribution in [1.82, 2.24) is 0 Å². The van der Waals surface area contributed by atoms with Crippen LogP contribution in [-0.4, -0.2) is 15.6 Å². The predicted molar refractivity (Wildman–Crippen MR) is 94.4 cm³/mol. The number of hydrogen-bond acceptors (Lipinski definition) is 6. The van der Waals surface area contributed by atoms with Gasteiger partial charge in [-0.25, -0.2) is 0 Å². The van der Waals surface area contributed by atoms with Gasteiger partial charge in [-0.2, -0.15) is 5.10 Å². The van der Waals surface area contributed by atoms with Gasteiger partial charge in [0, 0.05) is 6.07 Å². The first kappa shape index (κ1) is 19.3. The van der Waals surface area contributed by atoms with Crippen molar-refractivity contribution in [3.05, 3.63) is 50.6 Å². The number of benzene rings is 1. The highest BCUT2D eigenvalue weighted by molar-refractivity contribution is 5.93. The molecular weight excluding hydrogens is 312 g/mol. The van der Waals surface area contributed by atoms with Crippen LogP contribution in [0, 0.1) is 20.2 Å². The summed E-state index contributed by atoms with van der Waals surface area (Å²) in [7, 11) is 0. The Morgan fingerprint density at radius 2 is 1.96 bits per heavy atom. The number of anilines is 1. The van der Waals surface area contributed by atoms with Gasteiger partial charge in [0.15, 0.2) is 0 Å². The van der Waals surface area contributed by atoms with Crippen molar-refractivity contribution < 1.29 is 9.85 Å². The number of nitrogens with one attached hydrogen (secondary N) is 1. The lowest BCUT2D eigenvalue weighted by molar-refractivity contribution is -0.393. The summed E-state index contributed by atoms with van der Waals surface area (Å²) in [6.07, 6.45) is 9.57. The molecule has 0 aliphatic heterocycles. The predicted octanol–water partition coefficient (Wildman–Crippen LogP) is 4.82. The van der Waals surface area contributed by atoms with Crippen molar-refractivity contribution >= 4 is 22.8 Å². The molecule has 0 radical (unpaired) electrons. The maximum absolute atomic E-state index is 11.0. The van der Waals surface area contributed by atoms with Gasteiger partial charge in [-0.1, -0.05) is 32.3 Å². The van der Waals surface area contributed by atoms with Crippen LogP contribution in [0.1, 0.15) is 46.0 Å². The van der Waals surface area contributed by atoms with Gasteiger partial charge in [-0.15, -0.1) is 0 Å². The number of unbranched alkanes of at least 4 members (excludes halogenated alkanes) is 4. The van der Waals surface area contributed by atoms with Crippen molar-refractivity contribution in [2.45, 2.75) is 46.0 Å². The first-order chi connectivity index (χ1) is 11.5. The van der Waals surface area contributed by atoms with Crippen molar-refractivity contribution in [1.29, 1.82) is 0 Å². The van der Waals surface area contributed by atoms with Gasteiger partial charge < -0.3 is 0 Å². The molecule has 0 spiro atoms. The van der Waals surface area contributed by atoms with Crippen LogP contribution in [0.15, 0.2) is 35.5 Å². The second kappa shape index (κ2) is 10.1. The second-order valence-corrected chi connectivity index (χ2v) is 5.33. The number of allylic oxidation sites excluding steroid dienone is 2. The van der Waals surface area contributed by atoms with Crippen LogP contribution in [0.4, 0.5) is 17.1 Å². The molecule has 0 saturated heterocycles. The van der Waals surface area contributed by atoms with Crippen LogP contribution in [0.3, 0.4) is 0 Å². The molecule has 0 bridgehead atoms. The molecule has 24 heavy (non-hydrogen) atoms. The minimum absolute atomic E-state index is 0.112. The minimum atomic E-state index is -0.677. The third-order valence-corrected chi connectivity index (χ3v) is 3.32. The van der Waals surface area contributed by atoms with Crippen LogP contribution in [-0.2, 0) is 0 Å². The molecule has 0 aromatic heterocycles. The quantitative estimate of drug-likeness (QED) is 0.285. The van der Waals surface area contributed by atoms with E-state index in [0.29, 0.717) is 5.71 Å². The summed E-state index contributed by atoms with van der Waals surface area (Å²) in [5.74, 6) is 0. The van der Waals surface area contributed by atoms with Crippen molar-refractivity contribution in [3.8, 4) is 0 Å². The third-order valence-electron chi connectivity index (χ3n) is 3.32. The highest BCUT2D eigenvalue weighted by Crippen LogP contribution is 2.28. The molecule has 0 unspecified atom stereocenters. The minimum Gasteiger partial charge on any atom is -0.271 e. The van der Waals surface area contributed by atoms with Crippen LogP contribution >= 0.6 is 0 Å². The fraction of sp³-hybridized carbons (Fsp3) is 0.438. The number of hydrazone groups is 1. The van der Waals surface area contributed by atoms with Gasteiger partial charge in [0.25, 0.3) is 5.69 Å². The summed E-state index contributed by atoms with van der Waals surface area (Å²) in [4.78, 5) is 20.4. The van der Waals surface area contributed by atoms with Crippen LogP contribution in [0.5, 0.6) is 0 Å². The van der Waals surface area contributed by atoms with E-state index in [4.69, 9.17) is 0 Å². The van der Waals surface area contributed by atoms with Gasteiger partial charge in [0.2, 0.25) is 0 Å². The van der Waals surface area contributed by atoms with E-state index in [-0.39, 0.29) is 17.1 Å². The molecule has 0 saturated carbocycles. The molecule has 1 aromatic rings. The fourth-order valence-electron chi connectivity index (χ4n) is 2.01. The summed E-state index contributed by atoms with van der Waals surface area (Å²) >= 11 is 0. The van der Waals surface area contributed by atoms with Crippen molar-refractivity contribution in [2.24, 2.45) is 5.10 Å². The first-order valence-electron chi connectivity index (χ1n) is 7.85. The van der Waals surface area contributed by atoms with Crippen LogP contribution in [0.25, 0.3) is 0 Å². The second-order valence-electron chi connectivity index (χ2n) is 5.33. The molecule has 0 heterocycles. The van der Waals surface area contributed by atoms with E-state index in [2.05, 4.69) is 17.5 Å². The zero-order valence-corrected chi connectivity index (χ0v) is 13.9. The Balaban J connectivity index is 2.69. The van der Waals surface area contributed by atoms with Gasteiger partial charge in [-0.3, -0.25) is 25.7 Å². The number of nitro groups is 2. The lowest BCUT2D eigenvalue weighted by atomic mass is 10.1. The number of nitrogens with zero attached hydrogens (tertiary/aromatic N) is 3. The van der Waals surface area contributed by atoms with Crippen molar-refractivity contribution in [2.75, 3.05) is 5.43 Å². The van der Waals surface area contributed by atoms with E-state index in [0.717, 1.165) is 18.9 Å². The lowest BCUT2D eigenvalue weighted by Crippen LogP contribution is -2.00. The molecule has 8 nitrogen and oxygen atoms in total. The number of nitro benzene ring substituents is 2. The molecule has 1 N–H and O–H groups in total. The van der Waals surface area contributed by atoms with Gasteiger partial charge >= 0.3 is 5.69 Å². The van der Waals surface area contributed by atoms with Gasteiger partial charge in [0.1, 0.15) is 5.69 Å². The Labute approximate surface area is 140 Å². The molecule has 0 amide bonds. The van der Waals surface area contributed by atoms with Crippen molar-refractivity contribution in [3.63, 3.8) is 0 Å². The normalized spacial score (nSPS) is 11.7. The Bertz CT molecular complexity index is 641. The van der Waals surface area contributed by atoms with Crippen LogP contribution in [0.2, 0.25) is 0 Å². The summed E-state index contributed by atoms with van der Waals surface area (Å²) in [6.45, 7) is 3.93. The molecular formula is C16H22N4O4. The van der Waals surface area contributed by atoms with E-state index >= 15 is 0 Å². The molecule has 0 aliphatic carbocycles. The van der Waals surface area contributed by atoms with E-state index < -0.39 is 9.85 Å². The smallest absolute Gasteiger partial charge is 0.271 e. The first-order valence-corrected chi connectivity index (χ1v) is 7.85. The van der Waals surface area contributed by atoms with E-state index in [1.807, 2.05) is 12.2 Å². The Morgan fingerprint density at radius 1 is 1.21 bits per heavy atom. The average Bonchev–Trinajstić information content (AvgIpc) is 2.55. The zero-order chi connectivity index (χ0) is 17.9. The maximum atomic E-state index is 11.0. The lowest BCUT2D eigenvalue weighted by Gasteiger charge is -2.02. The summed E-state index contributed by atoms with van der Waals surface area (Å²) in [5.41, 5.74) is 2.65. The highest BCUT2D eigenvalue weighted by Gasteiger charge is 2.19. The monoisotopic (exact) mass is 334 g/mol. The molecule has 130 valence electrons. The van der Waals surface area contributed by atoms with E-state index in [1.54, 1.807) is 6.92 Å². The summed E-state index contributed by atoms with van der Waals surface area (Å²) < 4.78 is 0. The standard InChI is InChI=1S/C16H22N4O4/c1-3-4-5-6-7-8-9-13(2)17-18-15-11-10-14(19(21)22)12-16(15)20(23)24/h8-12,18H,3-7H2,1-2H3. The molecule has 0 aliphatic rings. The van der Waals surface area contributed by atoms with Crippen LogP contribution < -0.4 is 5.43 Å². The Morgan fingerprint density at radius 3 is 2.58 bits per heavy atom. The molecule has 8 heteroatoms. The highest BCUT2D eigenvalue weighted by atomic mass is 16.6. The summed E-state index contributed by atoms with van der Waals surface area (Å²) in [5, 5.41) is 25.8. The third kappa shape index (κ3) is 6.55. The van der Waals surface area contributed by atoms with E-state index in [1.165, 1.54) is 31.4 Å². The largest absolute Gasteiger partial charge is 0.301 e. The number of rotatable bonds is 10. The van der Waals surface area contributed by atoms with E-state index in [9.17, 15) is 20.2 Å². The molecule has 1 rings (SSSR count). The topological polar surface area (TPSA) is 111 Å². The summed E-state index contributed by atoms with van der Waals surface area (Å²) in [6, 6.07) is 3.39. The number of non-ortho nitro benzene ring substituents is 1. The number of hydrogen-bond donors (Lipinski definition) is 1. The SMILES string of the molecule is CCCCCCC=CC(C)=NNc1ccc([N+](=O)[O-])cc1[N+](=O)[O-]. The van der Waals surface area contributed by atoms with Gasteiger partial charge in [-0.05, 0) is 31.9 Å². The average molecular weight is 334 g/mol.